The molecule has 0 spiro atoms. The predicted molar refractivity (Wildman–Crippen MR) is 110 cm³/mol. The average Bonchev–Trinajstić information content (AvgIpc) is 2.60. The molecule has 1 aromatic heterocycles. The summed E-state index contributed by atoms with van der Waals surface area (Å²) >= 11 is 0. The van der Waals surface area contributed by atoms with Gasteiger partial charge in [0.1, 0.15) is 5.76 Å². The molecule has 0 radical (unpaired) electrons. The van der Waals surface area contributed by atoms with E-state index in [4.69, 9.17) is 4.74 Å². The molecule has 2 aromatic rings. The van der Waals surface area contributed by atoms with Crippen LogP contribution in [0.5, 0.6) is 0 Å². The molecule has 0 aliphatic heterocycles. The van der Waals surface area contributed by atoms with E-state index in [1.165, 1.54) is 39.8 Å². The summed E-state index contributed by atoms with van der Waals surface area (Å²) in [5.74, 6) is 0.744. The van der Waals surface area contributed by atoms with E-state index in [2.05, 4.69) is 68.8 Å². The van der Waals surface area contributed by atoms with Crippen molar-refractivity contribution in [3.05, 3.63) is 83.9 Å². The highest BCUT2D eigenvalue weighted by molar-refractivity contribution is 5.78. The Hall–Kier alpha value is -2.61. The lowest BCUT2D eigenvalue weighted by Gasteiger charge is -2.26. The van der Waals surface area contributed by atoms with Gasteiger partial charge in [-0.2, -0.15) is 0 Å². The molecule has 2 nitrogen and oxygen atoms in total. The first-order valence-electron chi connectivity index (χ1n) is 9.30. The number of rotatable bonds is 6. The Morgan fingerprint density at radius 1 is 1.12 bits per heavy atom. The highest BCUT2D eigenvalue weighted by Crippen LogP contribution is 2.29. The zero-order chi connectivity index (χ0) is 18.5. The van der Waals surface area contributed by atoms with Gasteiger partial charge in [-0.15, -0.1) is 0 Å². The van der Waals surface area contributed by atoms with Gasteiger partial charge in [0.2, 0.25) is 0 Å². The molecular weight excluding hydrogens is 318 g/mol. The fourth-order valence-electron chi connectivity index (χ4n) is 3.18. The van der Waals surface area contributed by atoms with Crippen molar-refractivity contribution in [3.63, 3.8) is 0 Å². The van der Waals surface area contributed by atoms with E-state index in [0.717, 1.165) is 18.6 Å². The van der Waals surface area contributed by atoms with Crippen molar-refractivity contribution in [1.29, 1.82) is 0 Å². The Bertz CT molecular complexity index is 856. The van der Waals surface area contributed by atoms with Crippen LogP contribution in [-0.2, 0) is 4.74 Å². The number of benzene rings is 1. The summed E-state index contributed by atoms with van der Waals surface area (Å²) in [6.07, 6.45) is 13.9. The summed E-state index contributed by atoms with van der Waals surface area (Å²) < 4.78 is 5.82. The Kier molecular flexibility index (Phi) is 5.72. The van der Waals surface area contributed by atoms with Gasteiger partial charge >= 0.3 is 0 Å². The monoisotopic (exact) mass is 345 g/mol. The molecule has 0 atom stereocenters. The molecule has 0 unspecified atom stereocenters. The molecule has 1 aliphatic carbocycles. The van der Waals surface area contributed by atoms with Crippen LogP contribution in [-0.4, -0.2) is 11.1 Å². The molecule has 1 fully saturated rings. The minimum Gasteiger partial charge on any atom is -0.491 e. The molecular formula is C24H27NO. The van der Waals surface area contributed by atoms with Crippen molar-refractivity contribution < 1.29 is 4.74 Å². The second-order valence-electron chi connectivity index (χ2n) is 6.93. The summed E-state index contributed by atoms with van der Waals surface area (Å²) in [6.45, 7) is 10.4. The van der Waals surface area contributed by atoms with Gasteiger partial charge in [0.15, 0.2) is 0 Å². The Labute approximate surface area is 156 Å². The number of pyridine rings is 1. The van der Waals surface area contributed by atoms with Crippen LogP contribution in [0.4, 0.5) is 0 Å². The number of hydrogen-bond acceptors (Lipinski definition) is 2. The lowest BCUT2D eigenvalue weighted by molar-refractivity contribution is 0.0599. The normalized spacial score (nSPS) is 15.1. The van der Waals surface area contributed by atoms with Gasteiger partial charge in [0.25, 0.3) is 0 Å². The summed E-state index contributed by atoms with van der Waals surface area (Å²) in [6, 6.07) is 8.64. The summed E-state index contributed by atoms with van der Waals surface area (Å²) in [5, 5.41) is 0. The van der Waals surface area contributed by atoms with Gasteiger partial charge in [0.05, 0.1) is 6.10 Å². The van der Waals surface area contributed by atoms with Gasteiger partial charge in [-0.25, -0.2) is 0 Å². The average molecular weight is 345 g/mol. The quantitative estimate of drug-likeness (QED) is 0.446. The number of ether oxygens (including phenoxy) is 1. The summed E-state index contributed by atoms with van der Waals surface area (Å²) in [4.78, 5) is 4.27. The number of nitrogens with zero attached hydrogens (tertiary/aromatic N) is 1. The fourth-order valence-corrected chi connectivity index (χ4v) is 3.18. The lowest BCUT2D eigenvalue weighted by Crippen LogP contribution is -2.20. The van der Waals surface area contributed by atoms with Crippen LogP contribution in [0.25, 0.3) is 16.7 Å². The second-order valence-corrected chi connectivity index (χ2v) is 6.93. The first-order chi connectivity index (χ1) is 12.6. The first kappa shape index (κ1) is 18.2. The molecule has 1 aromatic carbocycles. The predicted octanol–water partition coefficient (Wildman–Crippen LogP) is 6.41. The Balaban J connectivity index is 1.78. The van der Waals surface area contributed by atoms with Crippen molar-refractivity contribution in [3.8, 4) is 11.1 Å². The minimum atomic E-state index is 0.366. The van der Waals surface area contributed by atoms with Crippen molar-refractivity contribution in [2.75, 3.05) is 0 Å². The van der Waals surface area contributed by atoms with Gasteiger partial charge in [-0.1, -0.05) is 36.9 Å². The van der Waals surface area contributed by atoms with Crippen LogP contribution < -0.4 is 0 Å². The fraction of sp³-hybridized carbons (Fsp3) is 0.292. The molecule has 0 N–H and O–H groups in total. The SMILES string of the molecule is C=C(/C=C\C(=C/C)c1ccc(-c2cnccc2C)c(C)c1)OC1CCC1. The van der Waals surface area contributed by atoms with Gasteiger partial charge < -0.3 is 4.74 Å². The van der Waals surface area contributed by atoms with Gasteiger partial charge in [-0.05, 0) is 80.0 Å². The maximum Gasteiger partial charge on any atom is 0.112 e. The third-order valence-corrected chi connectivity index (χ3v) is 5.02. The lowest BCUT2D eigenvalue weighted by atomic mass is 9.94. The van der Waals surface area contributed by atoms with Crippen molar-refractivity contribution in [2.24, 2.45) is 0 Å². The van der Waals surface area contributed by atoms with Gasteiger partial charge in [0, 0.05) is 18.0 Å². The van der Waals surface area contributed by atoms with E-state index in [1.54, 1.807) is 0 Å². The minimum absolute atomic E-state index is 0.366. The summed E-state index contributed by atoms with van der Waals surface area (Å²) in [7, 11) is 0. The third-order valence-electron chi connectivity index (χ3n) is 5.02. The van der Waals surface area contributed by atoms with Crippen molar-refractivity contribution in [1.82, 2.24) is 4.98 Å². The maximum absolute atomic E-state index is 5.82. The van der Waals surface area contributed by atoms with Crippen molar-refractivity contribution in [2.45, 2.75) is 46.1 Å². The van der Waals surface area contributed by atoms with Crippen LogP contribution in [0.3, 0.4) is 0 Å². The Morgan fingerprint density at radius 2 is 1.92 bits per heavy atom. The van der Waals surface area contributed by atoms with Crippen LogP contribution in [0, 0.1) is 13.8 Å². The maximum atomic E-state index is 5.82. The molecule has 26 heavy (non-hydrogen) atoms. The number of hydrogen-bond donors (Lipinski definition) is 0. The smallest absolute Gasteiger partial charge is 0.112 e. The van der Waals surface area contributed by atoms with E-state index in [-0.39, 0.29) is 0 Å². The number of aryl methyl sites for hydroxylation is 2. The molecule has 1 aliphatic rings. The molecule has 0 bridgehead atoms. The largest absolute Gasteiger partial charge is 0.491 e. The topological polar surface area (TPSA) is 22.1 Å². The first-order valence-corrected chi connectivity index (χ1v) is 9.30. The number of allylic oxidation sites excluding steroid dienone is 4. The van der Waals surface area contributed by atoms with Crippen LogP contribution >= 0.6 is 0 Å². The molecule has 0 saturated heterocycles. The highest BCUT2D eigenvalue weighted by atomic mass is 16.5. The molecule has 0 amide bonds. The van der Waals surface area contributed by atoms with Crippen LogP contribution in [0.1, 0.15) is 42.9 Å². The highest BCUT2D eigenvalue weighted by Gasteiger charge is 2.18. The summed E-state index contributed by atoms with van der Waals surface area (Å²) in [5.41, 5.74) is 7.28. The molecule has 134 valence electrons. The number of aromatic nitrogens is 1. The van der Waals surface area contributed by atoms with Crippen LogP contribution in [0.2, 0.25) is 0 Å². The third kappa shape index (κ3) is 4.13. The molecule has 1 saturated carbocycles. The van der Waals surface area contributed by atoms with E-state index in [0.29, 0.717) is 6.10 Å². The van der Waals surface area contributed by atoms with Gasteiger partial charge in [-0.3, -0.25) is 4.98 Å². The Morgan fingerprint density at radius 3 is 2.54 bits per heavy atom. The van der Waals surface area contributed by atoms with E-state index in [1.807, 2.05) is 18.5 Å². The van der Waals surface area contributed by atoms with E-state index >= 15 is 0 Å². The van der Waals surface area contributed by atoms with E-state index < -0.39 is 0 Å². The van der Waals surface area contributed by atoms with Crippen LogP contribution in [0.15, 0.2) is 67.2 Å². The van der Waals surface area contributed by atoms with E-state index in [9.17, 15) is 0 Å². The standard InChI is InChI=1S/C24H27NO/c1-5-20(10-9-19(4)26-22-7-6-8-22)21-11-12-23(18(3)15-21)24-16-25-14-13-17(24)2/h5,9-16,22H,4,6-8H2,1-3H3/b10-9-,20-5+. The van der Waals surface area contributed by atoms with Crippen molar-refractivity contribution >= 4 is 5.57 Å². The molecule has 1 heterocycles. The zero-order valence-electron chi connectivity index (χ0n) is 16.0. The molecule has 3 rings (SSSR count). The molecule has 2 heteroatoms. The second kappa shape index (κ2) is 8.18. The zero-order valence-corrected chi connectivity index (χ0v) is 16.0.